The minimum Gasteiger partial charge on any atom is -0.345 e. The van der Waals surface area contributed by atoms with E-state index in [1.54, 1.807) is 7.05 Å². The highest BCUT2D eigenvalue weighted by Crippen LogP contribution is 2.24. The van der Waals surface area contributed by atoms with Gasteiger partial charge in [-0.1, -0.05) is 35.9 Å². The van der Waals surface area contributed by atoms with Crippen LogP contribution in [-0.2, 0) is 20.6 Å². The number of piperazine rings is 1. The third kappa shape index (κ3) is 4.69. The molecule has 0 saturated carbocycles. The molecule has 2 aromatic heterocycles. The second-order valence-corrected chi connectivity index (χ2v) is 10.5. The number of anilines is 2. The summed E-state index contributed by atoms with van der Waals surface area (Å²) in [4.78, 5) is 35.0. The summed E-state index contributed by atoms with van der Waals surface area (Å²) in [7, 11) is 3.13. The van der Waals surface area contributed by atoms with Crippen molar-refractivity contribution >= 4 is 51.7 Å². The molecule has 1 aliphatic heterocycles. The summed E-state index contributed by atoms with van der Waals surface area (Å²) in [6.45, 7) is 7.29. The van der Waals surface area contributed by atoms with Crippen molar-refractivity contribution < 1.29 is 0 Å². The number of benzene rings is 2. The fourth-order valence-corrected chi connectivity index (χ4v) is 5.21. The van der Waals surface area contributed by atoms with Crippen LogP contribution in [0.2, 0.25) is 5.02 Å². The topological polar surface area (TPSA) is 80.3 Å². The molecule has 0 aliphatic carbocycles. The maximum atomic E-state index is 13.2. The van der Waals surface area contributed by atoms with E-state index in [-0.39, 0.29) is 5.56 Å². The van der Waals surface area contributed by atoms with Crippen LogP contribution in [0.25, 0.3) is 11.2 Å². The van der Waals surface area contributed by atoms with Gasteiger partial charge in [-0.3, -0.25) is 18.5 Å². The lowest BCUT2D eigenvalue weighted by Gasteiger charge is -2.37. The van der Waals surface area contributed by atoms with Gasteiger partial charge in [-0.05, 0) is 61.0 Å². The number of hydrogen-bond donors (Lipinski definition) is 1. The number of fused-ring (bicyclic) bond motifs is 1. The summed E-state index contributed by atoms with van der Waals surface area (Å²) >= 11 is 11.8. The van der Waals surface area contributed by atoms with Gasteiger partial charge in [-0.15, -0.1) is 0 Å². The van der Waals surface area contributed by atoms with Crippen molar-refractivity contribution in [1.82, 2.24) is 23.6 Å². The monoisotopic (exact) mass is 551 g/mol. The lowest BCUT2D eigenvalue weighted by Crippen LogP contribution is -2.50. The van der Waals surface area contributed by atoms with Gasteiger partial charge in [-0.25, -0.2) is 4.79 Å². The number of nitrogens with zero attached hydrogens (tertiary/aromatic N) is 6. The first-order chi connectivity index (χ1) is 18.2. The van der Waals surface area contributed by atoms with Crippen molar-refractivity contribution in [2.45, 2.75) is 20.4 Å². The summed E-state index contributed by atoms with van der Waals surface area (Å²) in [6.07, 6.45) is 0. The Morgan fingerprint density at radius 1 is 1.00 bits per heavy atom. The lowest BCUT2D eigenvalue weighted by atomic mass is 10.1. The number of halogens is 1. The van der Waals surface area contributed by atoms with Gasteiger partial charge in [-0.2, -0.15) is 4.98 Å². The Bertz CT molecular complexity index is 1650. The zero-order valence-electron chi connectivity index (χ0n) is 21.9. The molecule has 0 bridgehead atoms. The van der Waals surface area contributed by atoms with E-state index < -0.39 is 5.69 Å². The van der Waals surface area contributed by atoms with Crippen LogP contribution in [0, 0.1) is 13.8 Å². The Kier molecular flexibility index (Phi) is 7.02. The molecule has 9 nitrogen and oxygen atoms in total. The molecule has 0 spiro atoms. The Labute approximate surface area is 230 Å². The predicted octanol–water partition coefficient (Wildman–Crippen LogP) is 3.27. The molecule has 0 unspecified atom stereocenters. The van der Waals surface area contributed by atoms with Gasteiger partial charge in [0.25, 0.3) is 5.56 Å². The predicted molar refractivity (Wildman–Crippen MR) is 157 cm³/mol. The maximum absolute atomic E-state index is 13.2. The molecule has 1 aliphatic rings. The van der Waals surface area contributed by atoms with Crippen molar-refractivity contribution in [1.29, 1.82) is 0 Å². The second kappa shape index (κ2) is 10.3. The Balaban J connectivity index is 1.45. The van der Waals surface area contributed by atoms with Gasteiger partial charge >= 0.3 is 5.69 Å². The maximum Gasteiger partial charge on any atom is 0.332 e. The Hall–Kier alpha value is -3.63. The molecule has 0 atom stereocenters. The number of hydrogen-bond acceptors (Lipinski definition) is 5. The van der Waals surface area contributed by atoms with E-state index in [4.69, 9.17) is 28.8 Å². The van der Waals surface area contributed by atoms with Crippen molar-refractivity contribution in [3.8, 4) is 0 Å². The third-order valence-corrected chi connectivity index (χ3v) is 7.89. The standard InChI is InChI=1S/C27H30ClN7O2S/c1-17-6-5-7-21(18(17)2)29-26(38)34-14-12-33(13-15-34)25-30-23-22(24(36)32(4)27(37)31(23)3)35(25)16-19-8-10-20(28)11-9-19/h5-11H,12-16H2,1-4H3,(H,29,38). The highest BCUT2D eigenvalue weighted by Gasteiger charge is 2.26. The Morgan fingerprint density at radius 3 is 2.37 bits per heavy atom. The number of thiocarbonyl (C=S) groups is 1. The molecule has 11 heteroatoms. The van der Waals surface area contributed by atoms with E-state index in [1.807, 2.05) is 41.0 Å². The summed E-state index contributed by atoms with van der Waals surface area (Å²) in [5, 5.41) is 4.73. The summed E-state index contributed by atoms with van der Waals surface area (Å²) in [6, 6.07) is 13.7. The molecule has 0 amide bonds. The minimum absolute atomic E-state index is 0.367. The van der Waals surface area contributed by atoms with Crippen LogP contribution in [-0.4, -0.2) is 54.9 Å². The first-order valence-corrected chi connectivity index (χ1v) is 13.2. The number of rotatable bonds is 4. The summed E-state index contributed by atoms with van der Waals surface area (Å²) in [5.74, 6) is 0.654. The number of aromatic nitrogens is 4. The molecule has 1 saturated heterocycles. The van der Waals surface area contributed by atoms with Gasteiger partial charge in [0.05, 0.1) is 6.54 Å². The van der Waals surface area contributed by atoms with Gasteiger partial charge in [0, 0.05) is 51.0 Å². The van der Waals surface area contributed by atoms with Crippen molar-refractivity contribution in [2.75, 3.05) is 36.4 Å². The van der Waals surface area contributed by atoms with E-state index in [1.165, 1.54) is 22.7 Å². The van der Waals surface area contributed by atoms with Crippen LogP contribution in [0.15, 0.2) is 52.1 Å². The minimum atomic E-state index is -0.405. The number of imidazole rings is 1. The van der Waals surface area contributed by atoms with Crippen molar-refractivity contribution in [2.24, 2.45) is 14.1 Å². The molecule has 5 rings (SSSR count). The molecule has 4 aromatic rings. The number of nitrogens with one attached hydrogen (secondary N) is 1. The highest BCUT2D eigenvalue weighted by atomic mass is 35.5. The van der Waals surface area contributed by atoms with Crippen LogP contribution in [0.1, 0.15) is 16.7 Å². The number of aryl methyl sites for hydroxylation is 2. The van der Waals surface area contributed by atoms with E-state index in [9.17, 15) is 9.59 Å². The van der Waals surface area contributed by atoms with Gasteiger partial charge in [0.1, 0.15) is 0 Å². The quantitative estimate of drug-likeness (QED) is 0.390. The third-order valence-electron chi connectivity index (χ3n) is 7.28. The lowest BCUT2D eigenvalue weighted by molar-refractivity contribution is 0.386. The van der Waals surface area contributed by atoms with E-state index in [0.717, 1.165) is 15.8 Å². The first kappa shape index (κ1) is 26.0. The van der Waals surface area contributed by atoms with Gasteiger partial charge in [0.15, 0.2) is 16.3 Å². The largest absolute Gasteiger partial charge is 0.345 e. The van der Waals surface area contributed by atoms with E-state index in [0.29, 0.717) is 60.0 Å². The zero-order chi connectivity index (χ0) is 27.1. The van der Waals surface area contributed by atoms with Crippen LogP contribution in [0.5, 0.6) is 0 Å². The summed E-state index contributed by atoms with van der Waals surface area (Å²) in [5.41, 5.74) is 4.37. The molecule has 3 heterocycles. The van der Waals surface area contributed by atoms with E-state index >= 15 is 0 Å². The fourth-order valence-electron chi connectivity index (χ4n) is 4.79. The highest BCUT2D eigenvalue weighted by molar-refractivity contribution is 7.80. The SMILES string of the molecule is Cc1cccc(NC(=S)N2CCN(c3nc4c(c(=O)n(C)c(=O)n4C)n3Cc3ccc(Cl)cc3)CC2)c1C. The van der Waals surface area contributed by atoms with Crippen molar-refractivity contribution in [3.63, 3.8) is 0 Å². The molecular weight excluding hydrogens is 522 g/mol. The Morgan fingerprint density at radius 2 is 1.68 bits per heavy atom. The van der Waals surface area contributed by atoms with E-state index in [2.05, 4.69) is 35.0 Å². The molecule has 1 fully saturated rings. The first-order valence-electron chi connectivity index (χ1n) is 12.4. The average Bonchev–Trinajstić information content (AvgIpc) is 3.29. The van der Waals surface area contributed by atoms with Crippen LogP contribution >= 0.6 is 23.8 Å². The second-order valence-electron chi connectivity index (χ2n) is 9.65. The molecule has 38 heavy (non-hydrogen) atoms. The summed E-state index contributed by atoms with van der Waals surface area (Å²) < 4.78 is 4.46. The molecular formula is C27H30ClN7O2S. The smallest absolute Gasteiger partial charge is 0.332 e. The average molecular weight is 552 g/mol. The van der Waals surface area contributed by atoms with Gasteiger partial charge < -0.3 is 15.1 Å². The molecule has 1 N–H and O–H groups in total. The normalized spacial score (nSPS) is 13.8. The van der Waals surface area contributed by atoms with Gasteiger partial charge in [0.2, 0.25) is 5.95 Å². The molecule has 2 aromatic carbocycles. The van der Waals surface area contributed by atoms with Crippen molar-refractivity contribution in [3.05, 3.63) is 85.0 Å². The van der Waals surface area contributed by atoms with Crippen LogP contribution < -0.4 is 21.5 Å². The molecule has 0 radical (unpaired) electrons. The fraction of sp³-hybridized carbons (Fsp3) is 0.333. The molecule has 198 valence electrons. The van der Waals surface area contributed by atoms with Crippen LogP contribution in [0.4, 0.5) is 11.6 Å². The van der Waals surface area contributed by atoms with Crippen LogP contribution in [0.3, 0.4) is 0 Å². The zero-order valence-corrected chi connectivity index (χ0v) is 23.4.